The molecule has 1 fully saturated rings. The highest BCUT2D eigenvalue weighted by atomic mass is 16.1. The van der Waals surface area contributed by atoms with E-state index >= 15 is 0 Å². The summed E-state index contributed by atoms with van der Waals surface area (Å²) in [6.07, 6.45) is 2.03. The largest absolute Gasteiger partial charge is 0.377 e. The van der Waals surface area contributed by atoms with E-state index in [9.17, 15) is 4.79 Å². The lowest BCUT2D eigenvalue weighted by Crippen LogP contribution is -2.41. The van der Waals surface area contributed by atoms with E-state index in [-0.39, 0.29) is 11.8 Å². The molecule has 4 nitrogen and oxygen atoms in total. The molecule has 2 unspecified atom stereocenters. The number of carbonyl (C=O) groups is 1. The van der Waals surface area contributed by atoms with Gasteiger partial charge in [-0.15, -0.1) is 0 Å². The van der Waals surface area contributed by atoms with Crippen molar-refractivity contribution in [3.8, 4) is 0 Å². The molecule has 0 radical (unpaired) electrons. The Morgan fingerprint density at radius 3 is 2.70 bits per heavy atom. The summed E-state index contributed by atoms with van der Waals surface area (Å²) in [5.41, 5.74) is 3.22. The molecule has 1 aliphatic rings. The van der Waals surface area contributed by atoms with E-state index in [1.54, 1.807) is 0 Å². The first-order valence-corrected chi connectivity index (χ1v) is 7.29. The van der Waals surface area contributed by atoms with Crippen LogP contribution in [0.15, 0.2) is 18.2 Å². The monoisotopic (exact) mass is 275 g/mol. The summed E-state index contributed by atoms with van der Waals surface area (Å²) in [6.45, 7) is 5.02. The molecule has 4 heteroatoms. The van der Waals surface area contributed by atoms with E-state index in [1.165, 1.54) is 5.56 Å². The second-order valence-electron chi connectivity index (χ2n) is 5.97. The van der Waals surface area contributed by atoms with Crippen molar-refractivity contribution in [3.63, 3.8) is 0 Å². The van der Waals surface area contributed by atoms with Crippen molar-refractivity contribution in [1.29, 1.82) is 0 Å². The van der Waals surface area contributed by atoms with Crippen LogP contribution in [-0.2, 0) is 4.79 Å². The third kappa shape index (κ3) is 3.51. The Morgan fingerprint density at radius 2 is 2.10 bits per heavy atom. The third-order valence-corrected chi connectivity index (χ3v) is 3.99. The zero-order valence-electron chi connectivity index (χ0n) is 12.9. The van der Waals surface area contributed by atoms with E-state index in [4.69, 9.17) is 0 Å². The summed E-state index contributed by atoms with van der Waals surface area (Å²) in [5.74, 6) is 0.202. The molecular weight excluding hydrogens is 250 g/mol. The lowest BCUT2D eigenvalue weighted by atomic mass is 9.94. The van der Waals surface area contributed by atoms with Crippen molar-refractivity contribution in [2.45, 2.75) is 32.7 Å². The van der Waals surface area contributed by atoms with Crippen LogP contribution in [0.1, 0.15) is 25.3 Å². The normalized spacial score (nSPS) is 22.4. The van der Waals surface area contributed by atoms with E-state index in [0.29, 0.717) is 6.04 Å². The summed E-state index contributed by atoms with van der Waals surface area (Å²) < 4.78 is 0. The maximum Gasteiger partial charge on any atom is 0.228 e. The molecule has 1 saturated heterocycles. The Labute approximate surface area is 121 Å². The second kappa shape index (κ2) is 6.27. The highest BCUT2D eigenvalue weighted by molar-refractivity contribution is 5.93. The van der Waals surface area contributed by atoms with E-state index < -0.39 is 0 Å². The minimum Gasteiger partial charge on any atom is -0.377 e. The van der Waals surface area contributed by atoms with Gasteiger partial charge in [-0.05, 0) is 44.4 Å². The summed E-state index contributed by atoms with van der Waals surface area (Å²) in [7, 11) is 4.03. The van der Waals surface area contributed by atoms with Gasteiger partial charge in [-0.3, -0.25) is 4.79 Å². The van der Waals surface area contributed by atoms with Gasteiger partial charge < -0.3 is 15.5 Å². The van der Waals surface area contributed by atoms with Crippen LogP contribution < -0.4 is 15.5 Å². The van der Waals surface area contributed by atoms with Gasteiger partial charge in [0.2, 0.25) is 5.91 Å². The topological polar surface area (TPSA) is 44.4 Å². The summed E-state index contributed by atoms with van der Waals surface area (Å²) in [4.78, 5) is 14.3. The number of anilines is 2. The fourth-order valence-corrected chi connectivity index (χ4v) is 2.64. The van der Waals surface area contributed by atoms with Crippen LogP contribution in [0.5, 0.6) is 0 Å². The minimum absolute atomic E-state index is 0.0790. The molecule has 0 bridgehead atoms. The fraction of sp³-hybridized carbons (Fsp3) is 0.562. The minimum atomic E-state index is 0.0790. The van der Waals surface area contributed by atoms with Crippen LogP contribution in [-0.4, -0.2) is 32.6 Å². The molecule has 1 heterocycles. The van der Waals surface area contributed by atoms with Crippen LogP contribution in [0.2, 0.25) is 0 Å². The van der Waals surface area contributed by atoms with Gasteiger partial charge in [-0.25, -0.2) is 0 Å². The first kappa shape index (κ1) is 14.9. The molecule has 0 spiro atoms. The molecule has 1 aromatic carbocycles. The van der Waals surface area contributed by atoms with Gasteiger partial charge in [0.25, 0.3) is 0 Å². The molecule has 2 atom stereocenters. The average Bonchev–Trinajstić information content (AvgIpc) is 2.41. The van der Waals surface area contributed by atoms with Gasteiger partial charge in [0.15, 0.2) is 0 Å². The average molecular weight is 275 g/mol. The Hall–Kier alpha value is -1.55. The van der Waals surface area contributed by atoms with Crippen molar-refractivity contribution >= 4 is 17.3 Å². The fourth-order valence-electron chi connectivity index (χ4n) is 2.64. The summed E-state index contributed by atoms with van der Waals surface area (Å²) in [6, 6.07) is 6.58. The van der Waals surface area contributed by atoms with Crippen LogP contribution in [0.25, 0.3) is 0 Å². The van der Waals surface area contributed by atoms with Gasteiger partial charge in [-0.2, -0.15) is 0 Å². The van der Waals surface area contributed by atoms with Crippen molar-refractivity contribution in [2.75, 3.05) is 30.9 Å². The third-order valence-electron chi connectivity index (χ3n) is 3.99. The number of nitrogens with one attached hydrogen (secondary N) is 2. The van der Waals surface area contributed by atoms with Gasteiger partial charge in [0, 0.05) is 38.1 Å². The van der Waals surface area contributed by atoms with Gasteiger partial charge >= 0.3 is 0 Å². The van der Waals surface area contributed by atoms with E-state index in [1.807, 2.05) is 32.3 Å². The maximum absolute atomic E-state index is 12.3. The first-order chi connectivity index (χ1) is 9.47. The van der Waals surface area contributed by atoms with E-state index in [2.05, 4.69) is 29.4 Å². The Bertz CT molecular complexity index is 477. The zero-order valence-corrected chi connectivity index (χ0v) is 12.9. The maximum atomic E-state index is 12.3. The molecule has 20 heavy (non-hydrogen) atoms. The highest BCUT2D eigenvalue weighted by Crippen LogP contribution is 2.23. The summed E-state index contributed by atoms with van der Waals surface area (Å²) >= 11 is 0. The van der Waals surface area contributed by atoms with Gasteiger partial charge in [0.05, 0.1) is 5.92 Å². The van der Waals surface area contributed by atoms with Crippen molar-refractivity contribution in [3.05, 3.63) is 23.8 Å². The molecule has 1 amide bonds. The van der Waals surface area contributed by atoms with Crippen molar-refractivity contribution in [1.82, 2.24) is 5.32 Å². The lowest BCUT2D eigenvalue weighted by molar-refractivity contribution is -0.120. The van der Waals surface area contributed by atoms with Gasteiger partial charge in [0.1, 0.15) is 0 Å². The van der Waals surface area contributed by atoms with Crippen molar-refractivity contribution in [2.24, 2.45) is 5.92 Å². The van der Waals surface area contributed by atoms with Crippen LogP contribution >= 0.6 is 0 Å². The number of hydrogen-bond acceptors (Lipinski definition) is 3. The molecule has 0 aromatic heterocycles. The van der Waals surface area contributed by atoms with Crippen LogP contribution in [0.4, 0.5) is 11.4 Å². The van der Waals surface area contributed by atoms with Crippen LogP contribution in [0.3, 0.4) is 0 Å². The number of benzene rings is 1. The Morgan fingerprint density at radius 1 is 1.35 bits per heavy atom. The predicted octanol–water partition coefficient (Wildman–Crippen LogP) is 2.39. The van der Waals surface area contributed by atoms with Gasteiger partial charge in [-0.1, -0.05) is 6.07 Å². The molecule has 1 aliphatic heterocycles. The van der Waals surface area contributed by atoms with Crippen LogP contribution in [0, 0.1) is 12.8 Å². The molecular formula is C16H25N3O. The number of piperidine rings is 1. The molecule has 0 aliphatic carbocycles. The highest BCUT2D eigenvalue weighted by Gasteiger charge is 2.23. The molecule has 0 saturated carbocycles. The number of amides is 1. The Balaban J connectivity index is 2.02. The number of nitrogens with zero attached hydrogens (tertiary/aromatic N) is 1. The standard InChI is InChI=1S/C16H25N3O/c1-11-5-8-14(9-15(11)19(3)4)18-16(20)13-7-6-12(2)17-10-13/h5,8-9,12-13,17H,6-7,10H2,1-4H3,(H,18,20). The Kier molecular flexibility index (Phi) is 4.65. The number of aryl methyl sites for hydroxylation is 1. The molecule has 110 valence electrons. The second-order valence-corrected chi connectivity index (χ2v) is 5.97. The lowest BCUT2D eigenvalue weighted by Gasteiger charge is -2.27. The number of rotatable bonds is 3. The molecule has 1 aromatic rings. The smallest absolute Gasteiger partial charge is 0.228 e. The molecule has 2 rings (SSSR count). The SMILES string of the molecule is Cc1ccc(NC(=O)C2CCC(C)NC2)cc1N(C)C. The zero-order chi connectivity index (χ0) is 14.7. The molecule has 2 N–H and O–H groups in total. The quantitative estimate of drug-likeness (QED) is 0.890. The number of carbonyl (C=O) groups excluding carboxylic acids is 1. The first-order valence-electron chi connectivity index (χ1n) is 7.29. The van der Waals surface area contributed by atoms with Crippen molar-refractivity contribution < 1.29 is 4.79 Å². The number of hydrogen-bond donors (Lipinski definition) is 2. The van der Waals surface area contributed by atoms with E-state index in [0.717, 1.165) is 30.8 Å². The predicted molar refractivity (Wildman–Crippen MR) is 84.3 cm³/mol. The summed E-state index contributed by atoms with van der Waals surface area (Å²) in [5, 5.41) is 6.41.